The minimum absolute atomic E-state index is 0.0152. The van der Waals surface area contributed by atoms with Crippen molar-refractivity contribution < 1.29 is 14.3 Å². The summed E-state index contributed by atoms with van der Waals surface area (Å²) in [6, 6.07) is 16.0. The van der Waals surface area contributed by atoms with Gasteiger partial charge in [-0.15, -0.1) is 0 Å². The highest BCUT2D eigenvalue weighted by atomic mass is 16.5. The van der Waals surface area contributed by atoms with E-state index in [9.17, 15) is 9.59 Å². The summed E-state index contributed by atoms with van der Waals surface area (Å²) in [5.41, 5.74) is 3.07. The third-order valence-corrected chi connectivity index (χ3v) is 5.92. The van der Waals surface area contributed by atoms with Gasteiger partial charge in [0.1, 0.15) is 5.75 Å². The number of carbonyl (C=O) groups excluding carboxylic acids is 2. The van der Waals surface area contributed by atoms with Gasteiger partial charge in [-0.05, 0) is 48.9 Å². The molecule has 0 aliphatic carbocycles. The number of methoxy groups -OCH3 is 1. The van der Waals surface area contributed by atoms with Gasteiger partial charge in [0.05, 0.1) is 19.4 Å². The molecule has 0 aromatic heterocycles. The SMILES string of the molecule is CCC(C(=O)N1CCC(NC(=O)Cc2ccc(C)c(OC)c2)CC1)c1ccccc1. The zero-order valence-corrected chi connectivity index (χ0v) is 18.2. The molecule has 3 rings (SSSR count). The Morgan fingerprint density at radius 1 is 1.13 bits per heavy atom. The minimum Gasteiger partial charge on any atom is -0.496 e. The van der Waals surface area contributed by atoms with Crippen molar-refractivity contribution in [1.82, 2.24) is 10.2 Å². The van der Waals surface area contributed by atoms with Crippen LogP contribution in [-0.4, -0.2) is 43.0 Å². The number of aryl methyl sites for hydroxylation is 1. The molecule has 0 bridgehead atoms. The zero-order valence-electron chi connectivity index (χ0n) is 18.2. The molecule has 0 spiro atoms. The Morgan fingerprint density at radius 3 is 2.47 bits per heavy atom. The van der Waals surface area contributed by atoms with Crippen LogP contribution in [0.25, 0.3) is 0 Å². The van der Waals surface area contributed by atoms with Crippen LogP contribution >= 0.6 is 0 Å². The Balaban J connectivity index is 1.50. The number of hydrogen-bond donors (Lipinski definition) is 1. The van der Waals surface area contributed by atoms with Crippen LogP contribution in [0.5, 0.6) is 5.75 Å². The standard InChI is InChI=1S/C25H32N2O3/c1-4-22(20-8-6-5-7-9-20)25(29)27-14-12-21(13-15-27)26-24(28)17-19-11-10-18(2)23(16-19)30-3/h5-11,16,21-22H,4,12-15,17H2,1-3H3,(H,26,28). The minimum atomic E-state index is -0.0890. The Bertz CT molecular complexity index is 858. The van der Waals surface area contributed by atoms with Crippen LogP contribution in [0, 0.1) is 6.92 Å². The maximum Gasteiger partial charge on any atom is 0.230 e. The third-order valence-electron chi connectivity index (χ3n) is 5.92. The topological polar surface area (TPSA) is 58.6 Å². The van der Waals surface area contributed by atoms with E-state index < -0.39 is 0 Å². The quantitative estimate of drug-likeness (QED) is 0.757. The van der Waals surface area contributed by atoms with E-state index in [2.05, 4.69) is 12.2 Å². The van der Waals surface area contributed by atoms with Crippen molar-refractivity contribution >= 4 is 11.8 Å². The van der Waals surface area contributed by atoms with Gasteiger partial charge in [0.2, 0.25) is 11.8 Å². The van der Waals surface area contributed by atoms with Crippen molar-refractivity contribution in [3.8, 4) is 5.75 Å². The largest absolute Gasteiger partial charge is 0.496 e. The molecule has 5 heteroatoms. The van der Waals surface area contributed by atoms with E-state index in [4.69, 9.17) is 4.74 Å². The highest BCUT2D eigenvalue weighted by Crippen LogP contribution is 2.24. The van der Waals surface area contributed by atoms with E-state index in [1.54, 1.807) is 7.11 Å². The van der Waals surface area contributed by atoms with Crippen LogP contribution in [0.4, 0.5) is 0 Å². The smallest absolute Gasteiger partial charge is 0.230 e. The van der Waals surface area contributed by atoms with Gasteiger partial charge in [0.25, 0.3) is 0 Å². The number of piperidine rings is 1. The Labute approximate surface area is 179 Å². The van der Waals surface area contributed by atoms with Crippen molar-refractivity contribution in [3.63, 3.8) is 0 Å². The second-order valence-corrected chi connectivity index (χ2v) is 8.02. The highest BCUT2D eigenvalue weighted by Gasteiger charge is 2.28. The fraction of sp³-hybridized carbons (Fsp3) is 0.440. The van der Waals surface area contributed by atoms with Crippen LogP contribution in [0.3, 0.4) is 0 Å². The molecule has 30 heavy (non-hydrogen) atoms. The molecule has 5 nitrogen and oxygen atoms in total. The lowest BCUT2D eigenvalue weighted by molar-refractivity contribution is -0.134. The van der Waals surface area contributed by atoms with Crippen molar-refractivity contribution in [2.24, 2.45) is 0 Å². The summed E-state index contributed by atoms with van der Waals surface area (Å²) in [6.45, 7) is 5.41. The van der Waals surface area contributed by atoms with Crippen LogP contribution in [0.2, 0.25) is 0 Å². The molecule has 1 atom stereocenters. The first-order valence-corrected chi connectivity index (χ1v) is 10.8. The number of nitrogens with zero attached hydrogens (tertiary/aromatic N) is 1. The number of carbonyl (C=O) groups is 2. The number of amides is 2. The summed E-state index contributed by atoms with van der Waals surface area (Å²) in [7, 11) is 1.64. The summed E-state index contributed by atoms with van der Waals surface area (Å²) >= 11 is 0. The monoisotopic (exact) mass is 408 g/mol. The number of hydrogen-bond acceptors (Lipinski definition) is 3. The van der Waals surface area contributed by atoms with Gasteiger partial charge < -0.3 is 15.0 Å². The fourth-order valence-electron chi connectivity index (χ4n) is 4.14. The lowest BCUT2D eigenvalue weighted by atomic mass is 9.93. The normalized spacial score (nSPS) is 15.5. The maximum absolute atomic E-state index is 13.0. The van der Waals surface area contributed by atoms with E-state index in [-0.39, 0.29) is 23.8 Å². The average Bonchev–Trinajstić information content (AvgIpc) is 2.76. The number of ether oxygens (including phenoxy) is 1. The zero-order chi connectivity index (χ0) is 21.5. The molecule has 1 saturated heterocycles. The summed E-state index contributed by atoms with van der Waals surface area (Å²) in [5.74, 6) is 0.923. The lowest BCUT2D eigenvalue weighted by Gasteiger charge is -2.34. The van der Waals surface area contributed by atoms with E-state index in [0.29, 0.717) is 19.5 Å². The van der Waals surface area contributed by atoms with Crippen molar-refractivity contribution in [2.45, 2.75) is 51.5 Å². The molecule has 0 radical (unpaired) electrons. The van der Waals surface area contributed by atoms with Crippen LogP contribution in [0.15, 0.2) is 48.5 Å². The van der Waals surface area contributed by atoms with E-state index in [0.717, 1.165) is 41.7 Å². The van der Waals surface area contributed by atoms with Crippen molar-refractivity contribution in [3.05, 3.63) is 65.2 Å². The molecule has 1 N–H and O–H groups in total. The second-order valence-electron chi connectivity index (χ2n) is 8.02. The molecule has 1 aliphatic heterocycles. The molecule has 0 saturated carbocycles. The number of likely N-dealkylation sites (tertiary alicyclic amines) is 1. The molecule has 1 aliphatic rings. The first-order valence-electron chi connectivity index (χ1n) is 10.8. The van der Waals surface area contributed by atoms with Crippen molar-refractivity contribution in [2.75, 3.05) is 20.2 Å². The molecule has 1 heterocycles. The van der Waals surface area contributed by atoms with Crippen LogP contribution in [-0.2, 0) is 16.0 Å². The molecular weight excluding hydrogens is 376 g/mol. The predicted molar refractivity (Wildman–Crippen MR) is 119 cm³/mol. The first-order chi connectivity index (χ1) is 14.5. The van der Waals surface area contributed by atoms with Gasteiger partial charge in [-0.3, -0.25) is 9.59 Å². The molecular formula is C25H32N2O3. The summed E-state index contributed by atoms with van der Waals surface area (Å²) in [6.07, 6.45) is 2.71. The van der Waals surface area contributed by atoms with Crippen molar-refractivity contribution in [1.29, 1.82) is 0 Å². The third kappa shape index (κ3) is 5.41. The molecule has 1 unspecified atom stereocenters. The van der Waals surface area contributed by atoms with Crippen LogP contribution in [0.1, 0.15) is 48.8 Å². The number of benzene rings is 2. The van der Waals surface area contributed by atoms with Gasteiger partial charge in [0.15, 0.2) is 0 Å². The molecule has 1 fully saturated rings. The second kappa shape index (κ2) is 10.3. The van der Waals surface area contributed by atoms with Gasteiger partial charge in [-0.25, -0.2) is 0 Å². The lowest BCUT2D eigenvalue weighted by Crippen LogP contribution is -2.48. The van der Waals surface area contributed by atoms with Crippen LogP contribution < -0.4 is 10.1 Å². The Hall–Kier alpha value is -2.82. The predicted octanol–water partition coefficient (Wildman–Crippen LogP) is 3.85. The Kier molecular flexibility index (Phi) is 7.50. The van der Waals surface area contributed by atoms with Gasteiger partial charge >= 0.3 is 0 Å². The maximum atomic E-state index is 13.0. The van der Waals surface area contributed by atoms with Gasteiger partial charge in [0, 0.05) is 19.1 Å². The number of nitrogens with one attached hydrogen (secondary N) is 1. The summed E-state index contributed by atoms with van der Waals surface area (Å²) in [4.78, 5) is 27.5. The molecule has 2 aromatic rings. The highest BCUT2D eigenvalue weighted by molar-refractivity contribution is 5.84. The van der Waals surface area contributed by atoms with E-state index in [1.807, 2.05) is 60.4 Å². The Morgan fingerprint density at radius 2 is 1.83 bits per heavy atom. The van der Waals surface area contributed by atoms with Gasteiger partial charge in [-0.2, -0.15) is 0 Å². The van der Waals surface area contributed by atoms with E-state index in [1.165, 1.54) is 0 Å². The fourth-order valence-corrected chi connectivity index (χ4v) is 4.14. The summed E-state index contributed by atoms with van der Waals surface area (Å²) in [5, 5.41) is 3.14. The molecule has 2 amide bonds. The number of rotatable bonds is 7. The first kappa shape index (κ1) is 21.9. The summed E-state index contributed by atoms with van der Waals surface area (Å²) < 4.78 is 5.34. The van der Waals surface area contributed by atoms with E-state index >= 15 is 0 Å². The molecule has 2 aromatic carbocycles. The van der Waals surface area contributed by atoms with Gasteiger partial charge in [-0.1, -0.05) is 49.4 Å². The average molecular weight is 409 g/mol. The molecule has 160 valence electrons.